The lowest BCUT2D eigenvalue weighted by Crippen LogP contribution is -3.11. The molecule has 1 amide bonds. The molecule has 2 atom stereocenters. The van der Waals surface area contributed by atoms with E-state index in [0.717, 1.165) is 24.9 Å². The minimum absolute atomic E-state index is 0.0282. The largest absolute Gasteiger partial charge is 0.493 e. The molecular formula is C20H26F2N3O3+. The Labute approximate surface area is 163 Å². The van der Waals surface area contributed by atoms with Crippen LogP contribution in [0, 0.1) is 0 Å². The Morgan fingerprint density at radius 1 is 1.36 bits per heavy atom. The van der Waals surface area contributed by atoms with Crippen molar-refractivity contribution < 1.29 is 27.9 Å². The van der Waals surface area contributed by atoms with Crippen LogP contribution in [0.5, 0.6) is 11.5 Å². The van der Waals surface area contributed by atoms with Crippen LogP contribution in [0.3, 0.4) is 0 Å². The molecule has 0 saturated carbocycles. The number of carbonyl (C=O) groups is 1. The second-order valence-corrected chi connectivity index (χ2v) is 6.96. The van der Waals surface area contributed by atoms with Gasteiger partial charge in [-0.1, -0.05) is 6.07 Å². The Kier molecular flexibility index (Phi) is 6.51. The van der Waals surface area contributed by atoms with Crippen LogP contribution in [0.25, 0.3) is 0 Å². The number of alkyl halides is 2. The molecule has 152 valence electrons. The fourth-order valence-electron chi connectivity index (χ4n) is 3.80. The summed E-state index contributed by atoms with van der Waals surface area (Å²) >= 11 is 0. The van der Waals surface area contributed by atoms with Gasteiger partial charge in [-0.05, 0) is 29.8 Å². The number of ether oxygens (including phenoxy) is 2. The minimum Gasteiger partial charge on any atom is -0.493 e. The van der Waals surface area contributed by atoms with Crippen molar-refractivity contribution in [3.63, 3.8) is 0 Å². The summed E-state index contributed by atoms with van der Waals surface area (Å²) in [6.45, 7) is -1.25. The summed E-state index contributed by atoms with van der Waals surface area (Å²) in [4.78, 5) is 13.7. The Hall–Kier alpha value is -2.61. The van der Waals surface area contributed by atoms with Crippen LogP contribution in [0.4, 0.5) is 8.78 Å². The molecular weight excluding hydrogens is 368 g/mol. The molecule has 2 N–H and O–H groups in total. The standard InChI is InChI=1S/C20H25F2N3O3/c1-24-9-3-5-15(24)16-6-4-10-25(16)13-19(26)23-12-14-7-8-17(28-20(21)22)18(11-14)27-2/h3,5,7-9,11,16,20H,4,6,10,12-13H2,1-2H3,(H,23,26)/p+1/t16-/m1/s1. The maximum absolute atomic E-state index is 12.4. The molecule has 1 aliphatic heterocycles. The molecule has 2 aromatic rings. The summed E-state index contributed by atoms with van der Waals surface area (Å²) in [6.07, 6.45) is 4.20. The number of aryl methyl sites for hydroxylation is 1. The number of likely N-dealkylation sites (tertiary alicyclic amines) is 1. The van der Waals surface area contributed by atoms with Gasteiger partial charge in [0.15, 0.2) is 18.0 Å². The average Bonchev–Trinajstić information content (AvgIpc) is 3.28. The fourth-order valence-corrected chi connectivity index (χ4v) is 3.80. The number of nitrogens with one attached hydrogen (secondary N) is 2. The lowest BCUT2D eigenvalue weighted by atomic mass is 10.1. The topological polar surface area (TPSA) is 56.9 Å². The molecule has 28 heavy (non-hydrogen) atoms. The summed E-state index contributed by atoms with van der Waals surface area (Å²) in [7, 11) is 3.41. The van der Waals surface area contributed by atoms with Crippen LogP contribution >= 0.6 is 0 Å². The third kappa shape index (κ3) is 4.81. The first-order chi connectivity index (χ1) is 13.5. The van der Waals surface area contributed by atoms with Crippen LogP contribution in [-0.4, -0.2) is 37.3 Å². The Balaban J connectivity index is 1.56. The van der Waals surface area contributed by atoms with E-state index in [1.54, 1.807) is 12.1 Å². The molecule has 0 spiro atoms. The molecule has 0 aliphatic carbocycles. The van der Waals surface area contributed by atoms with Crippen LogP contribution in [0.1, 0.15) is 30.1 Å². The number of methoxy groups -OCH3 is 1. The second-order valence-electron chi connectivity index (χ2n) is 6.96. The first kappa shape index (κ1) is 20.1. The number of aromatic nitrogens is 1. The quantitative estimate of drug-likeness (QED) is 0.716. The summed E-state index contributed by atoms with van der Waals surface area (Å²) in [6, 6.07) is 9.12. The Bertz CT molecular complexity index is 810. The van der Waals surface area contributed by atoms with Gasteiger partial charge >= 0.3 is 6.61 Å². The highest BCUT2D eigenvalue weighted by atomic mass is 19.3. The van der Waals surface area contributed by atoms with E-state index >= 15 is 0 Å². The lowest BCUT2D eigenvalue weighted by molar-refractivity contribution is -0.911. The highest BCUT2D eigenvalue weighted by molar-refractivity contribution is 5.76. The zero-order chi connectivity index (χ0) is 20.1. The average molecular weight is 394 g/mol. The molecule has 1 fully saturated rings. The zero-order valence-electron chi connectivity index (χ0n) is 16.1. The summed E-state index contributed by atoms with van der Waals surface area (Å²) in [5, 5.41) is 2.91. The molecule has 0 radical (unpaired) electrons. The number of nitrogens with zero attached hydrogens (tertiary/aromatic N) is 1. The van der Waals surface area contributed by atoms with Gasteiger partial charge in [0, 0.05) is 32.6 Å². The van der Waals surface area contributed by atoms with Gasteiger partial charge < -0.3 is 24.3 Å². The number of amides is 1. The smallest absolute Gasteiger partial charge is 0.387 e. The van der Waals surface area contributed by atoms with E-state index in [1.807, 2.05) is 19.3 Å². The lowest BCUT2D eigenvalue weighted by Gasteiger charge is -2.21. The van der Waals surface area contributed by atoms with Gasteiger partial charge in [0.25, 0.3) is 5.91 Å². The monoisotopic (exact) mass is 394 g/mol. The van der Waals surface area contributed by atoms with Gasteiger partial charge in [0.05, 0.1) is 19.3 Å². The molecule has 2 heterocycles. The first-order valence-corrected chi connectivity index (χ1v) is 9.32. The number of rotatable bonds is 8. The normalized spacial score (nSPS) is 19.0. The molecule has 6 nitrogen and oxygen atoms in total. The van der Waals surface area contributed by atoms with Crippen molar-refractivity contribution >= 4 is 5.91 Å². The summed E-state index contributed by atoms with van der Waals surface area (Å²) < 4.78 is 36.4. The van der Waals surface area contributed by atoms with Gasteiger partial charge in [-0.3, -0.25) is 4.79 Å². The van der Waals surface area contributed by atoms with Crippen LogP contribution in [0.15, 0.2) is 36.5 Å². The number of halogens is 2. The number of carbonyl (C=O) groups excluding carboxylic acids is 1. The van der Waals surface area contributed by atoms with E-state index in [2.05, 4.69) is 20.7 Å². The minimum atomic E-state index is -2.92. The third-order valence-electron chi connectivity index (χ3n) is 5.15. The van der Waals surface area contributed by atoms with Crippen molar-refractivity contribution in [1.82, 2.24) is 9.88 Å². The molecule has 1 aromatic heterocycles. The highest BCUT2D eigenvalue weighted by Crippen LogP contribution is 2.29. The molecule has 1 saturated heterocycles. The maximum atomic E-state index is 12.4. The molecule has 1 aliphatic rings. The number of hydrogen-bond acceptors (Lipinski definition) is 3. The van der Waals surface area contributed by atoms with E-state index in [-0.39, 0.29) is 17.4 Å². The maximum Gasteiger partial charge on any atom is 0.387 e. The predicted octanol–water partition coefficient (Wildman–Crippen LogP) is 1.67. The number of hydrogen-bond donors (Lipinski definition) is 2. The number of quaternary nitrogens is 1. The second kappa shape index (κ2) is 9.05. The number of benzene rings is 1. The van der Waals surface area contributed by atoms with E-state index in [4.69, 9.17) is 4.74 Å². The first-order valence-electron chi connectivity index (χ1n) is 9.32. The van der Waals surface area contributed by atoms with Crippen LogP contribution in [-0.2, 0) is 18.4 Å². The van der Waals surface area contributed by atoms with Gasteiger partial charge in [0.1, 0.15) is 6.04 Å². The predicted molar refractivity (Wildman–Crippen MR) is 99.6 cm³/mol. The summed E-state index contributed by atoms with van der Waals surface area (Å²) in [5.41, 5.74) is 2.00. The van der Waals surface area contributed by atoms with E-state index in [0.29, 0.717) is 19.1 Å². The van der Waals surface area contributed by atoms with Gasteiger partial charge in [-0.2, -0.15) is 8.78 Å². The van der Waals surface area contributed by atoms with Crippen molar-refractivity contribution in [2.75, 3.05) is 20.2 Å². The van der Waals surface area contributed by atoms with Crippen molar-refractivity contribution in [3.05, 3.63) is 47.8 Å². The van der Waals surface area contributed by atoms with Gasteiger partial charge in [-0.15, -0.1) is 0 Å². The highest BCUT2D eigenvalue weighted by Gasteiger charge is 2.32. The molecule has 8 heteroatoms. The molecule has 3 rings (SSSR count). The van der Waals surface area contributed by atoms with Crippen LogP contribution < -0.4 is 19.7 Å². The van der Waals surface area contributed by atoms with Crippen molar-refractivity contribution in [2.24, 2.45) is 7.05 Å². The van der Waals surface area contributed by atoms with Crippen molar-refractivity contribution in [1.29, 1.82) is 0 Å². The van der Waals surface area contributed by atoms with E-state index < -0.39 is 6.61 Å². The summed E-state index contributed by atoms with van der Waals surface area (Å²) in [5.74, 6) is 0.142. The van der Waals surface area contributed by atoms with Crippen molar-refractivity contribution in [2.45, 2.75) is 32.0 Å². The molecule has 1 aromatic carbocycles. The van der Waals surface area contributed by atoms with E-state index in [9.17, 15) is 13.6 Å². The van der Waals surface area contributed by atoms with Gasteiger partial charge in [0.2, 0.25) is 0 Å². The van der Waals surface area contributed by atoms with E-state index in [1.165, 1.54) is 23.8 Å². The Morgan fingerprint density at radius 2 is 2.18 bits per heavy atom. The SMILES string of the molecule is COc1cc(CNC(=O)C[NH+]2CCC[C@@H]2c2cccn2C)ccc1OC(F)F. The Morgan fingerprint density at radius 3 is 2.86 bits per heavy atom. The van der Waals surface area contributed by atoms with Gasteiger partial charge in [-0.25, -0.2) is 0 Å². The third-order valence-corrected chi connectivity index (χ3v) is 5.15. The molecule has 1 unspecified atom stereocenters. The fraction of sp³-hybridized carbons (Fsp3) is 0.450. The van der Waals surface area contributed by atoms with Crippen molar-refractivity contribution in [3.8, 4) is 11.5 Å². The zero-order valence-corrected chi connectivity index (χ0v) is 16.1. The molecule has 0 bridgehead atoms. The van der Waals surface area contributed by atoms with Crippen LogP contribution in [0.2, 0.25) is 0 Å².